The van der Waals surface area contributed by atoms with Crippen LogP contribution >= 0.6 is 39.3 Å². The van der Waals surface area contributed by atoms with Crippen LogP contribution in [-0.2, 0) is 18.4 Å². The fourth-order valence-corrected chi connectivity index (χ4v) is 3.76. The van der Waals surface area contributed by atoms with E-state index in [4.69, 9.17) is 11.6 Å². The van der Waals surface area contributed by atoms with Crippen molar-refractivity contribution in [3.8, 4) is 0 Å². The summed E-state index contributed by atoms with van der Waals surface area (Å²) < 4.78 is 2.69. The Balaban J connectivity index is 1.52. The van der Waals surface area contributed by atoms with Crippen LogP contribution in [0.1, 0.15) is 21.7 Å². The number of hydrogen-bond acceptors (Lipinski definition) is 5. The van der Waals surface area contributed by atoms with Crippen molar-refractivity contribution in [3.05, 3.63) is 81.1 Å². The molecule has 0 aliphatic rings. The molecule has 30 heavy (non-hydrogen) atoms. The summed E-state index contributed by atoms with van der Waals surface area (Å²) in [5.74, 6) is 0.585. The first-order valence-electron chi connectivity index (χ1n) is 8.94. The van der Waals surface area contributed by atoms with Gasteiger partial charge >= 0.3 is 0 Å². The van der Waals surface area contributed by atoms with E-state index >= 15 is 0 Å². The van der Waals surface area contributed by atoms with Gasteiger partial charge in [-0.2, -0.15) is 0 Å². The summed E-state index contributed by atoms with van der Waals surface area (Å²) in [5.41, 5.74) is 1.41. The molecule has 1 N–H and O–H groups in total. The number of hydrogen-bond donors (Lipinski definition) is 1. The Labute approximate surface area is 191 Å². The lowest BCUT2D eigenvalue weighted by Crippen LogP contribution is -2.22. The van der Waals surface area contributed by atoms with E-state index < -0.39 is 0 Å². The van der Waals surface area contributed by atoms with Crippen molar-refractivity contribution in [1.29, 1.82) is 0 Å². The van der Waals surface area contributed by atoms with Crippen LogP contribution < -0.4 is 5.32 Å². The maximum atomic E-state index is 12.3. The van der Waals surface area contributed by atoms with E-state index in [1.165, 1.54) is 17.8 Å². The van der Waals surface area contributed by atoms with Gasteiger partial charge in [0.2, 0.25) is 5.91 Å². The number of rotatable bonds is 8. The average Bonchev–Trinajstić information content (AvgIpc) is 3.10. The summed E-state index contributed by atoms with van der Waals surface area (Å²) in [6.45, 7) is 0.219. The van der Waals surface area contributed by atoms with Gasteiger partial charge in [-0.15, -0.1) is 10.2 Å². The number of benzene rings is 2. The number of amides is 1. The molecule has 0 aliphatic carbocycles. The lowest BCUT2D eigenvalue weighted by atomic mass is 10.2. The second-order valence-electron chi connectivity index (χ2n) is 6.25. The first kappa shape index (κ1) is 22.3. The number of aromatic nitrogens is 3. The van der Waals surface area contributed by atoms with E-state index in [0.717, 1.165) is 10.0 Å². The molecule has 0 radical (unpaired) electrons. The van der Waals surface area contributed by atoms with E-state index in [0.29, 0.717) is 21.6 Å². The smallest absolute Gasteiger partial charge is 0.244 e. The van der Waals surface area contributed by atoms with E-state index in [2.05, 4.69) is 31.4 Å². The maximum Gasteiger partial charge on any atom is 0.244 e. The molecule has 0 atom stereocenters. The number of nitrogens with zero attached hydrogens (tertiary/aromatic N) is 3. The second-order valence-corrected chi connectivity index (χ2v) is 8.51. The highest BCUT2D eigenvalue weighted by Gasteiger charge is 2.13. The van der Waals surface area contributed by atoms with Crippen molar-refractivity contribution < 1.29 is 9.59 Å². The topological polar surface area (TPSA) is 76.9 Å². The third kappa shape index (κ3) is 6.04. The third-order valence-electron chi connectivity index (χ3n) is 4.16. The van der Waals surface area contributed by atoms with Gasteiger partial charge in [0.15, 0.2) is 16.8 Å². The van der Waals surface area contributed by atoms with Gasteiger partial charge in [0, 0.05) is 28.2 Å². The molecule has 154 valence electrons. The molecular formula is C21H18BrClN4O2S. The first-order valence-corrected chi connectivity index (χ1v) is 11.1. The number of Topliss-reactive ketones (excluding diaryl/α,β-unsaturated/α-hetero) is 1. The Morgan fingerprint density at radius 1 is 1.17 bits per heavy atom. The van der Waals surface area contributed by atoms with Gasteiger partial charge in [0.05, 0.1) is 12.3 Å². The Hall–Kier alpha value is -2.42. The van der Waals surface area contributed by atoms with E-state index in [-0.39, 0.29) is 24.0 Å². The zero-order chi connectivity index (χ0) is 21.5. The number of ketones is 1. The lowest BCUT2D eigenvalue weighted by Gasteiger charge is -2.05. The van der Waals surface area contributed by atoms with Crippen LogP contribution in [0.15, 0.2) is 64.2 Å². The molecule has 1 heterocycles. The molecule has 0 fully saturated rings. The number of carbonyl (C=O) groups excluding carboxylic acids is 2. The summed E-state index contributed by atoms with van der Waals surface area (Å²) in [6.07, 6.45) is 3.08. The van der Waals surface area contributed by atoms with Crippen molar-refractivity contribution in [3.63, 3.8) is 0 Å². The zero-order valence-electron chi connectivity index (χ0n) is 16.0. The van der Waals surface area contributed by atoms with Crippen molar-refractivity contribution in [2.75, 3.05) is 5.75 Å². The van der Waals surface area contributed by atoms with Crippen LogP contribution in [0.3, 0.4) is 0 Å². The molecule has 0 aliphatic heterocycles. The summed E-state index contributed by atoms with van der Waals surface area (Å²) in [6, 6.07) is 14.5. The molecule has 9 heteroatoms. The summed E-state index contributed by atoms with van der Waals surface area (Å²) >= 11 is 10.7. The van der Waals surface area contributed by atoms with Crippen molar-refractivity contribution >= 4 is 57.1 Å². The number of carbonyl (C=O) groups is 2. The molecule has 0 saturated carbocycles. The Morgan fingerprint density at radius 2 is 1.90 bits per heavy atom. The summed E-state index contributed by atoms with van der Waals surface area (Å²) in [7, 11) is 1.80. The molecule has 6 nitrogen and oxygen atoms in total. The largest absolute Gasteiger partial charge is 0.345 e. The van der Waals surface area contributed by atoms with Gasteiger partial charge in [0.1, 0.15) is 0 Å². The second kappa shape index (κ2) is 10.6. The molecule has 3 rings (SSSR count). The molecular weight excluding hydrogens is 488 g/mol. The van der Waals surface area contributed by atoms with Crippen LogP contribution in [0.5, 0.6) is 0 Å². The van der Waals surface area contributed by atoms with Crippen molar-refractivity contribution in [1.82, 2.24) is 20.1 Å². The number of thioether (sulfide) groups is 1. The third-order valence-corrected chi connectivity index (χ3v) is 6.06. The minimum atomic E-state index is -0.266. The lowest BCUT2D eigenvalue weighted by molar-refractivity contribution is -0.116. The fourth-order valence-electron chi connectivity index (χ4n) is 2.47. The minimum absolute atomic E-state index is 0.00932. The van der Waals surface area contributed by atoms with E-state index in [1.54, 1.807) is 35.9 Å². The fraction of sp³-hybridized carbons (Fsp3) is 0.143. The SMILES string of the molecule is Cn1c(CNC(=O)/C=C/c2ccccc2Cl)nnc1SCC(=O)c1ccc(Br)cc1. The predicted octanol–water partition coefficient (Wildman–Crippen LogP) is 4.54. The highest BCUT2D eigenvalue weighted by atomic mass is 79.9. The van der Waals surface area contributed by atoms with Gasteiger partial charge in [-0.25, -0.2) is 0 Å². The van der Waals surface area contributed by atoms with Crippen LogP contribution in [0.4, 0.5) is 0 Å². The quantitative estimate of drug-likeness (QED) is 0.276. The molecule has 1 amide bonds. The molecule has 2 aromatic carbocycles. The monoisotopic (exact) mass is 504 g/mol. The molecule has 3 aromatic rings. The predicted molar refractivity (Wildman–Crippen MR) is 123 cm³/mol. The highest BCUT2D eigenvalue weighted by molar-refractivity contribution is 9.10. The molecule has 1 aromatic heterocycles. The van der Waals surface area contributed by atoms with Gasteiger partial charge in [-0.1, -0.05) is 69.6 Å². The van der Waals surface area contributed by atoms with E-state index in [9.17, 15) is 9.59 Å². The van der Waals surface area contributed by atoms with Crippen molar-refractivity contribution in [2.45, 2.75) is 11.7 Å². The zero-order valence-corrected chi connectivity index (χ0v) is 19.2. The van der Waals surface area contributed by atoms with Gasteiger partial charge in [-0.05, 0) is 29.8 Å². The van der Waals surface area contributed by atoms with Gasteiger partial charge < -0.3 is 9.88 Å². The van der Waals surface area contributed by atoms with E-state index in [1.807, 2.05) is 30.3 Å². The first-order chi connectivity index (χ1) is 14.4. The highest BCUT2D eigenvalue weighted by Crippen LogP contribution is 2.19. The number of nitrogens with one attached hydrogen (secondary N) is 1. The Kier molecular flexibility index (Phi) is 7.84. The number of halogens is 2. The standard InChI is InChI=1S/C21H18BrClN4O2S/c1-27-19(12-24-20(29)11-8-14-4-2-3-5-17(14)23)25-26-21(27)30-13-18(28)15-6-9-16(22)10-7-15/h2-11H,12-13H2,1H3,(H,24,29)/b11-8+. The summed E-state index contributed by atoms with van der Waals surface area (Å²) in [4.78, 5) is 24.4. The average molecular weight is 506 g/mol. The van der Waals surface area contributed by atoms with Gasteiger partial charge in [0.25, 0.3) is 0 Å². The van der Waals surface area contributed by atoms with Crippen LogP contribution in [0.25, 0.3) is 6.08 Å². The van der Waals surface area contributed by atoms with Crippen LogP contribution in [0, 0.1) is 0 Å². The molecule has 0 unspecified atom stereocenters. The normalized spacial score (nSPS) is 11.0. The maximum absolute atomic E-state index is 12.3. The molecule has 0 spiro atoms. The Morgan fingerprint density at radius 3 is 2.63 bits per heavy atom. The van der Waals surface area contributed by atoms with Crippen molar-refractivity contribution in [2.24, 2.45) is 7.05 Å². The van der Waals surface area contributed by atoms with Gasteiger partial charge in [-0.3, -0.25) is 9.59 Å². The minimum Gasteiger partial charge on any atom is -0.345 e. The van der Waals surface area contributed by atoms with Crippen LogP contribution in [-0.4, -0.2) is 32.2 Å². The molecule has 0 saturated heterocycles. The Bertz CT molecular complexity index is 1080. The summed E-state index contributed by atoms with van der Waals surface area (Å²) in [5, 5.41) is 12.2. The van der Waals surface area contributed by atoms with Crippen LogP contribution in [0.2, 0.25) is 5.02 Å². The molecule has 0 bridgehead atoms.